The van der Waals surface area contributed by atoms with Crippen molar-refractivity contribution in [1.82, 2.24) is 16.0 Å². The summed E-state index contributed by atoms with van der Waals surface area (Å²) >= 11 is 11.8. The number of hydrogen-bond donors (Lipinski definition) is 3. The van der Waals surface area contributed by atoms with Crippen molar-refractivity contribution in [3.05, 3.63) is 68.7 Å². The summed E-state index contributed by atoms with van der Waals surface area (Å²) in [5, 5.41) is 9.53. The number of nitrogens with zero attached hydrogens (tertiary/aromatic N) is 1. The number of rotatable bonds is 8. The molecule has 1 aliphatic rings. The molecular formula is C24H20Cl2F6N4O4. The molecule has 1 heterocycles. The number of amides is 3. The molecule has 216 valence electrons. The molecule has 2 aromatic rings. The standard InChI is InChI=1S/C24H20Cl2F6N4O4/c1-12-4-13(18-8-22(40-36-18,24(30,31)32)14-5-15(25)7-16(26)6-14)2-3-17(12)21(39)34-10-19(37)33-9-20(38)35-11-23(27,28)29/h2-7H,8-11H2,1H3,(H,33,37)(H,34,39)(H,35,38). The molecule has 0 fully saturated rings. The summed E-state index contributed by atoms with van der Waals surface area (Å²) in [4.78, 5) is 40.6. The number of oxime groups is 1. The molecule has 2 aromatic carbocycles. The molecule has 0 bridgehead atoms. The van der Waals surface area contributed by atoms with Gasteiger partial charge in [-0.1, -0.05) is 34.4 Å². The van der Waals surface area contributed by atoms with Gasteiger partial charge in [0.2, 0.25) is 11.8 Å². The molecule has 0 aromatic heterocycles. The van der Waals surface area contributed by atoms with Crippen LogP contribution in [0.2, 0.25) is 10.0 Å². The Balaban J connectivity index is 1.64. The molecular weight excluding hydrogens is 593 g/mol. The van der Waals surface area contributed by atoms with Gasteiger partial charge in [0, 0.05) is 27.6 Å². The van der Waals surface area contributed by atoms with Crippen molar-refractivity contribution in [3.8, 4) is 0 Å². The van der Waals surface area contributed by atoms with Crippen LogP contribution < -0.4 is 16.0 Å². The highest BCUT2D eigenvalue weighted by Gasteiger charge is 2.62. The zero-order chi connectivity index (χ0) is 29.9. The third kappa shape index (κ3) is 7.56. The molecule has 0 aliphatic carbocycles. The van der Waals surface area contributed by atoms with Crippen molar-refractivity contribution in [3.63, 3.8) is 0 Å². The minimum absolute atomic E-state index is 0.0206. The molecule has 1 unspecified atom stereocenters. The molecule has 1 atom stereocenters. The maximum atomic E-state index is 14.2. The second-order valence-electron chi connectivity index (χ2n) is 8.67. The Morgan fingerprint density at radius 1 is 0.925 bits per heavy atom. The fraction of sp³-hybridized carbons (Fsp3) is 0.333. The lowest BCUT2D eigenvalue weighted by molar-refractivity contribution is -0.275. The van der Waals surface area contributed by atoms with E-state index >= 15 is 0 Å². The smallest absolute Gasteiger partial charge is 0.374 e. The van der Waals surface area contributed by atoms with Crippen molar-refractivity contribution in [2.75, 3.05) is 19.6 Å². The van der Waals surface area contributed by atoms with E-state index in [1.54, 1.807) is 5.32 Å². The Kier molecular flexibility index (Phi) is 9.24. The summed E-state index contributed by atoms with van der Waals surface area (Å²) in [5.74, 6) is -2.63. The van der Waals surface area contributed by atoms with Crippen molar-refractivity contribution in [2.24, 2.45) is 5.16 Å². The molecule has 40 heavy (non-hydrogen) atoms. The maximum absolute atomic E-state index is 14.2. The average Bonchev–Trinajstić information content (AvgIpc) is 3.31. The Morgan fingerprint density at radius 2 is 1.52 bits per heavy atom. The summed E-state index contributed by atoms with van der Waals surface area (Å²) < 4.78 is 78.9. The van der Waals surface area contributed by atoms with E-state index in [1.165, 1.54) is 31.2 Å². The van der Waals surface area contributed by atoms with Gasteiger partial charge in [-0.25, -0.2) is 0 Å². The van der Waals surface area contributed by atoms with Crippen LogP contribution in [0, 0.1) is 6.92 Å². The molecule has 1 aliphatic heterocycles. The predicted octanol–water partition coefficient (Wildman–Crippen LogP) is 4.41. The molecule has 0 radical (unpaired) electrons. The number of alkyl halides is 6. The first-order chi connectivity index (χ1) is 18.5. The normalized spacial score (nSPS) is 17.1. The molecule has 8 nitrogen and oxygen atoms in total. The maximum Gasteiger partial charge on any atom is 0.435 e. The number of carbonyl (C=O) groups is 3. The summed E-state index contributed by atoms with van der Waals surface area (Å²) in [6.45, 7) is -1.38. The van der Waals surface area contributed by atoms with Gasteiger partial charge in [0.25, 0.3) is 11.5 Å². The largest absolute Gasteiger partial charge is 0.435 e. The van der Waals surface area contributed by atoms with Crippen LogP contribution in [-0.4, -0.2) is 55.4 Å². The number of carbonyl (C=O) groups excluding carboxylic acids is 3. The van der Waals surface area contributed by atoms with E-state index in [1.807, 2.05) is 0 Å². The molecule has 16 heteroatoms. The number of hydrogen-bond acceptors (Lipinski definition) is 5. The van der Waals surface area contributed by atoms with E-state index in [0.29, 0.717) is 5.56 Å². The van der Waals surface area contributed by atoms with Gasteiger partial charge >= 0.3 is 12.4 Å². The third-order valence-electron chi connectivity index (χ3n) is 5.66. The van der Waals surface area contributed by atoms with Crippen LogP contribution in [0.15, 0.2) is 41.6 Å². The van der Waals surface area contributed by atoms with Gasteiger partial charge in [0.05, 0.1) is 18.8 Å². The van der Waals surface area contributed by atoms with Crippen LogP contribution in [0.3, 0.4) is 0 Å². The van der Waals surface area contributed by atoms with Crippen LogP contribution >= 0.6 is 23.2 Å². The van der Waals surface area contributed by atoms with Crippen molar-refractivity contribution in [1.29, 1.82) is 0 Å². The van der Waals surface area contributed by atoms with E-state index in [0.717, 1.165) is 12.1 Å². The summed E-state index contributed by atoms with van der Waals surface area (Å²) in [6, 6.07) is 7.53. The number of aryl methyl sites for hydroxylation is 1. The first kappa shape index (κ1) is 31.0. The lowest BCUT2D eigenvalue weighted by Crippen LogP contribution is -2.43. The second kappa shape index (κ2) is 11.9. The predicted molar refractivity (Wildman–Crippen MR) is 132 cm³/mol. The second-order valence-corrected chi connectivity index (χ2v) is 9.54. The molecule has 0 saturated carbocycles. The minimum Gasteiger partial charge on any atom is -0.374 e. The van der Waals surface area contributed by atoms with Crippen LogP contribution in [0.5, 0.6) is 0 Å². The number of benzene rings is 2. The van der Waals surface area contributed by atoms with Crippen LogP contribution in [0.25, 0.3) is 0 Å². The average molecular weight is 613 g/mol. The van der Waals surface area contributed by atoms with Crippen LogP contribution in [0.4, 0.5) is 26.3 Å². The van der Waals surface area contributed by atoms with Gasteiger partial charge in [0.1, 0.15) is 6.54 Å². The molecule has 3 amide bonds. The lowest BCUT2D eigenvalue weighted by atomic mass is 9.86. The van der Waals surface area contributed by atoms with E-state index in [4.69, 9.17) is 28.0 Å². The number of halogens is 8. The van der Waals surface area contributed by atoms with Gasteiger partial charge in [-0.2, -0.15) is 26.3 Å². The quantitative estimate of drug-likeness (QED) is 0.384. The third-order valence-corrected chi connectivity index (χ3v) is 6.10. The highest BCUT2D eigenvalue weighted by Crippen LogP contribution is 2.49. The Bertz CT molecular complexity index is 1330. The fourth-order valence-electron chi connectivity index (χ4n) is 3.70. The van der Waals surface area contributed by atoms with E-state index in [2.05, 4.69) is 15.8 Å². The first-order valence-electron chi connectivity index (χ1n) is 11.3. The SMILES string of the molecule is Cc1cc(C2=NOC(c3cc(Cl)cc(Cl)c3)(C(F)(F)F)C2)ccc1C(=O)NCC(=O)NCC(=O)NCC(F)(F)F. The van der Waals surface area contributed by atoms with Crippen molar-refractivity contribution in [2.45, 2.75) is 31.3 Å². The fourth-order valence-corrected chi connectivity index (χ4v) is 4.23. The summed E-state index contributed by atoms with van der Waals surface area (Å²) in [5.41, 5.74) is -2.55. The molecule has 3 N–H and O–H groups in total. The monoisotopic (exact) mass is 612 g/mol. The minimum atomic E-state index is -4.89. The zero-order valence-corrected chi connectivity index (χ0v) is 21.9. The van der Waals surface area contributed by atoms with E-state index in [9.17, 15) is 40.7 Å². The van der Waals surface area contributed by atoms with E-state index < -0.39 is 61.7 Å². The van der Waals surface area contributed by atoms with Gasteiger partial charge in [0.15, 0.2) is 0 Å². The molecule has 3 rings (SSSR count). The number of nitrogens with one attached hydrogen (secondary N) is 3. The molecule has 0 saturated heterocycles. The first-order valence-corrected chi connectivity index (χ1v) is 12.0. The highest BCUT2D eigenvalue weighted by molar-refractivity contribution is 6.34. The van der Waals surface area contributed by atoms with E-state index in [-0.39, 0.29) is 32.4 Å². The highest BCUT2D eigenvalue weighted by atomic mass is 35.5. The van der Waals surface area contributed by atoms with Gasteiger partial charge in [-0.3, -0.25) is 14.4 Å². The van der Waals surface area contributed by atoms with Crippen LogP contribution in [-0.2, 0) is 20.0 Å². The zero-order valence-electron chi connectivity index (χ0n) is 20.4. The lowest BCUT2D eigenvalue weighted by Gasteiger charge is -2.29. The Labute approximate surface area is 233 Å². The molecule has 0 spiro atoms. The summed E-state index contributed by atoms with van der Waals surface area (Å²) in [7, 11) is 0. The van der Waals surface area contributed by atoms with Gasteiger partial charge in [-0.05, 0) is 48.4 Å². The van der Waals surface area contributed by atoms with Crippen molar-refractivity contribution >= 4 is 46.6 Å². The topological polar surface area (TPSA) is 109 Å². The van der Waals surface area contributed by atoms with Crippen molar-refractivity contribution < 1.29 is 45.6 Å². The Hall–Kier alpha value is -3.52. The summed E-state index contributed by atoms with van der Waals surface area (Å²) in [6.07, 6.45) is -10.2. The van der Waals surface area contributed by atoms with Crippen LogP contribution in [0.1, 0.15) is 33.5 Å². The Morgan fingerprint density at radius 3 is 2.10 bits per heavy atom. The van der Waals surface area contributed by atoms with Gasteiger partial charge < -0.3 is 20.8 Å². The van der Waals surface area contributed by atoms with Gasteiger partial charge in [-0.15, -0.1) is 0 Å².